The molecule has 0 aliphatic carbocycles. The van der Waals surface area contributed by atoms with Gasteiger partial charge in [0.15, 0.2) is 14.5 Å². The van der Waals surface area contributed by atoms with Gasteiger partial charge in [0, 0.05) is 13.1 Å². The second-order valence-corrected chi connectivity index (χ2v) is 13.7. The van der Waals surface area contributed by atoms with Crippen LogP contribution < -0.4 is 4.74 Å². The zero-order chi connectivity index (χ0) is 24.8. The Morgan fingerprint density at radius 1 is 1.15 bits per heavy atom. The van der Waals surface area contributed by atoms with Crippen molar-refractivity contribution in [2.45, 2.75) is 57.9 Å². The summed E-state index contributed by atoms with van der Waals surface area (Å²) in [4.78, 5) is 37.1. The van der Waals surface area contributed by atoms with Crippen molar-refractivity contribution >= 4 is 20.1 Å². The maximum Gasteiger partial charge on any atom is 0.439 e. The zero-order valence-electron chi connectivity index (χ0n) is 19.9. The topological polar surface area (TPSA) is 137 Å². The van der Waals surface area contributed by atoms with E-state index >= 15 is 0 Å². The molecule has 0 bridgehead atoms. The lowest BCUT2D eigenvalue weighted by atomic mass is 10.1. The Morgan fingerprint density at radius 2 is 1.79 bits per heavy atom. The van der Waals surface area contributed by atoms with Crippen molar-refractivity contribution in [3.63, 3.8) is 0 Å². The minimum atomic E-state index is -2.32. The number of hydrogen-bond donors (Lipinski definition) is 1. The van der Waals surface area contributed by atoms with Crippen LogP contribution >= 0.6 is 0 Å². The zero-order valence-corrected chi connectivity index (χ0v) is 20.9. The highest BCUT2D eigenvalue weighted by atomic mass is 28.4. The lowest BCUT2D eigenvalue weighted by molar-refractivity contribution is -0.403. The fourth-order valence-corrected chi connectivity index (χ4v) is 4.14. The Morgan fingerprint density at radius 3 is 2.30 bits per heavy atom. The highest BCUT2D eigenvalue weighted by Gasteiger charge is 2.37. The van der Waals surface area contributed by atoms with Gasteiger partial charge in [0.25, 0.3) is 0 Å². The Bertz CT molecular complexity index is 955. The van der Waals surface area contributed by atoms with E-state index in [1.165, 1.54) is 4.57 Å². The number of nitrogens with zero attached hydrogens (tertiary/aromatic N) is 5. The van der Waals surface area contributed by atoms with Crippen LogP contribution in [0, 0.1) is 20.2 Å². The van der Waals surface area contributed by atoms with Crippen LogP contribution in [-0.2, 0) is 13.1 Å². The molecule has 1 aromatic carbocycles. The smallest absolute Gasteiger partial charge is 0.439 e. The van der Waals surface area contributed by atoms with Gasteiger partial charge >= 0.3 is 11.8 Å². The minimum absolute atomic E-state index is 0.150. The third kappa shape index (κ3) is 7.34. The molecule has 12 heteroatoms. The predicted molar refractivity (Wildman–Crippen MR) is 127 cm³/mol. The average molecular weight is 480 g/mol. The second kappa shape index (κ2) is 10.9. The van der Waals surface area contributed by atoms with Gasteiger partial charge in [-0.1, -0.05) is 26.0 Å². The van der Waals surface area contributed by atoms with Crippen LogP contribution in [0.15, 0.2) is 30.5 Å². The van der Waals surface area contributed by atoms with E-state index in [-0.39, 0.29) is 11.6 Å². The number of nitro groups is 2. The molecule has 33 heavy (non-hydrogen) atoms. The molecule has 1 aromatic heterocycles. The Balaban J connectivity index is 2.14. The summed E-state index contributed by atoms with van der Waals surface area (Å²) in [5, 5.41) is 22.1. The normalized spacial score (nSPS) is 12.2. The molecular formula is C21H33N5O6Si. The lowest BCUT2D eigenvalue weighted by Gasteiger charge is -2.35. The van der Waals surface area contributed by atoms with Gasteiger partial charge in [0.2, 0.25) is 0 Å². The molecule has 0 unspecified atom stereocenters. The monoisotopic (exact) mass is 479 g/mol. The van der Waals surface area contributed by atoms with E-state index in [0.717, 1.165) is 30.4 Å². The standard InChI is InChI=1S/C21H33N5O6Si/c1-21(2,33(4,5)31)11-6-12-23(15-17-7-9-18(32-3)10-8-17)13-14-24-16-19(25(27)28)22-20(24)26(29)30/h7-10,16,31H,6,11-15H2,1-5H3. The summed E-state index contributed by atoms with van der Waals surface area (Å²) in [6, 6.07) is 7.68. The van der Waals surface area contributed by atoms with Gasteiger partial charge in [-0.05, 0) is 70.0 Å². The van der Waals surface area contributed by atoms with E-state index in [1.54, 1.807) is 7.11 Å². The summed E-state index contributed by atoms with van der Waals surface area (Å²) >= 11 is 0. The number of ether oxygens (including phenoxy) is 1. The van der Waals surface area contributed by atoms with Gasteiger partial charge < -0.3 is 29.8 Å². The van der Waals surface area contributed by atoms with Crippen molar-refractivity contribution in [2.24, 2.45) is 0 Å². The van der Waals surface area contributed by atoms with Crippen molar-refractivity contribution in [1.82, 2.24) is 14.5 Å². The number of aromatic nitrogens is 2. The molecule has 0 aliphatic rings. The number of hydrogen-bond acceptors (Lipinski definition) is 8. The second-order valence-electron chi connectivity index (χ2n) is 9.28. The van der Waals surface area contributed by atoms with Crippen molar-refractivity contribution in [3.05, 3.63) is 56.3 Å². The van der Waals surface area contributed by atoms with Gasteiger partial charge in [-0.3, -0.25) is 4.90 Å². The lowest BCUT2D eigenvalue weighted by Crippen LogP contribution is -2.39. The quantitative estimate of drug-likeness (QED) is 0.259. The van der Waals surface area contributed by atoms with Crippen molar-refractivity contribution < 1.29 is 19.4 Å². The van der Waals surface area contributed by atoms with E-state index in [0.29, 0.717) is 19.6 Å². The first-order valence-electron chi connectivity index (χ1n) is 10.8. The van der Waals surface area contributed by atoms with Crippen LogP contribution in [0.5, 0.6) is 5.75 Å². The fourth-order valence-electron chi connectivity index (χ4n) is 3.35. The highest BCUT2D eigenvalue weighted by Crippen LogP contribution is 2.39. The molecule has 182 valence electrons. The van der Waals surface area contributed by atoms with E-state index in [2.05, 4.69) is 23.7 Å². The summed E-state index contributed by atoms with van der Waals surface area (Å²) in [5.41, 5.74) is 1.05. The molecule has 0 amide bonds. The number of imidazole rings is 1. The molecular weight excluding hydrogens is 446 g/mol. The maximum absolute atomic E-state index is 11.3. The molecule has 0 fully saturated rings. The number of benzene rings is 1. The van der Waals surface area contributed by atoms with Gasteiger partial charge in [-0.25, -0.2) is 4.57 Å². The van der Waals surface area contributed by atoms with Crippen molar-refractivity contribution in [2.75, 3.05) is 20.2 Å². The third-order valence-corrected chi connectivity index (χ3v) is 9.81. The number of rotatable bonds is 13. The van der Waals surface area contributed by atoms with Gasteiger partial charge in [0.05, 0.1) is 13.7 Å². The minimum Gasteiger partial charge on any atom is -0.497 e. The Kier molecular flexibility index (Phi) is 8.69. The molecule has 0 atom stereocenters. The molecule has 11 nitrogen and oxygen atoms in total. The fraction of sp³-hybridized carbons (Fsp3) is 0.571. The van der Waals surface area contributed by atoms with Crippen LogP contribution in [0.3, 0.4) is 0 Å². The molecule has 0 spiro atoms. The number of methoxy groups -OCH3 is 1. The maximum atomic E-state index is 11.3. The first-order valence-corrected chi connectivity index (χ1v) is 13.7. The summed E-state index contributed by atoms with van der Waals surface area (Å²) in [5.74, 6) is -0.330. The van der Waals surface area contributed by atoms with Crippen LogP contribution in [0.1, 0.15) is 32.3 Å². The first kappa shape index (κ1) is 26.4. The average Bonchev–Trinajstić information content (AvgIpc) is 3.16. The van der Waals surface area contributed by atoms with Crippen LogP contribution in [0.4, 0.5) is 11.8 Å². The Hall–Kier alpha value is -2.83. The molecule has 0 radical (unpaired) electrons. The van der Waals surface area contributed by atoms with E-state index in [9.17, 15) is 25.0 Å². The van der Waals surface area contributed by atoms with Crippen LogP contribution in [0.25, 0.3) is 0 Å². The van der Waals surface area contributed by atoms with Crippen molar-refractivity contribution in [1.29, 1.82) is 0 Å². The van der Waals surface area contributed by atoms with Gasteiger partial charge in [0.1, 0.15) is 5.75 Å². The third-order valence-electron chi connectivity index (χ3n) is 6.25. The highest BCUT2D eigenvalue weighted by molar-refractivity contribution is 6.72. The summed E-state index contributed by atoms with van der Waals surface area (Å²) in [6.45, 7) is 10.00. The molecule has 0 aliphatic heterocycles. The van der Waals surface area contributed by atoms with E-state index < -0.39 is 29.9 Å². The first-order chi connectivity index (χ1) is 15.3. The molecule has 0 saturated carbocycles. The van der Waals surface area contributed by atoms with Crippen molar-refractivity contribution in [3.8, 4) is 5.75 Å². The van der Waals surface area contributed by atoms with E-state index in [4.69, 9.17) is 4.74 Å². The molecule has 1 N–H and O–H groups in total. The largest absolute Gasteiger partial charge is 0.497 e. The van der Waals surface area contributed by atoms with Crippen LogP contribution in [0.2, 0.25) is 18.1 Å². The molecule has 1 heterocycles. The molecule has 0 saturated heterocycles. The predicted octanol–water partition coefficient (Wildman–Crippen LogP) is 3.97. The van der Waals surface area contributed by atoms with E-state index in [1.807, 2.05) is 37.4 Å². The molecule has 2 rings (SSSR count). The SMILES string of the molecule is COc1ccc(CN(CCCC(C)(C)[Si](C)(C)O)CCn2cc([N+](=O)[O-])nc2[N+](=O)[O-])cc1. The van der Waals surface area contributed by atoms with Gasteiger partial charge in [-0.2, -0.15) is 0 Å². The molecule has 2 aromatic rings. The van der Waals surface area contributed by atoms with Crippen LogP contribution in [-0.4, -0.2) is 57.6 Å². The summed E-state index contributed by atoms with van der Waals surface area (Å²) in [6.07, 6.45) is 2.79. The summed E-state index contributed by atoms with van der Waals surface area (Å²) < 4.78 is 6.42. The Labute approximate surface area is 194 Å². The summed E-state index contributed by atoms with van der Waals surface area (Å²) in [7, 11) is -0.721. The van der Waals surface area contributed by atoms with Gasteiger partial charge in [-0.15, -0.1) is 0 Å².